The zero-order valence-electron chi connectivity index (χ0n) is 9.69. The molecule has 0 heterocycles. The Labute approximate surface area is 128 Å². The van der Waals surface area contributed by atoms with Crippen molar-refractivity contribution in [2.45, 2.75) is 9.79 Å². The summed E-state index contributed by atoms with van der Waals surface area (Å²) in [5.74, 6) is -0.549. The van der Waals surface area contributed by atoms with Gasteiger partial charge in [0, 0.05) is 20.0 Å². The van der Waals surface area contributed by atoms with Gasteiger partial charge < -0.3 is 11.5 Å². The maximum absolute atomic E-state index is 11.5. The van der Waals surface area contributed by atoms with Gasteiger partial charge in [-0.3, -0.25) is 4.79 Å². The minimum atomic E-state index is -0.549. The predicted molar refractivity (Wildman–Crippen MR) is 82.6 cm³/mol. The van der Waals surface area contributed by atoms with Crippen molar-refractivity contribution in [3.63, 3.8) is 0 Å². The van der Waals surface area contributed by atoms with E-state index in [9.17, 15) is 4.79 Å². The highest BCUT2D eigenvalue weighted by Gasteiger charge is 2.14. The van der Waals surface area contributed by atoms with Crippen molar-refractivity contribution in [2.75, 3.05) is 5.73 Å². The quantitative estimate of drug-likeness (QED) is 0.818. The van der Waals surface area contributed by atoms with Gasteiger partial charge in [-0.2, -0.15) is 0 Å². The van der Waals surface area contributed by atoms with Crippen molar-refractivity contribution in [2.24, 2.45) is 5.73 Å². The number of nitrogen functional groups attached to an aromatic ring is 1. The van der Waals surface area contributed by atoms with Gasteiger partial charge in [0.05, 0.1) is 10.6 Å². The Morgan fingerprint density at radius 3 is 2.63 bits per heavy atom. The standard InChI is InChI=1S/C13H10BrClN2OS/c14-7-2-1-3-9(4-7)19-12-10(13(17)18)5-8(16)6-11(12)15/h1-6H,16H2,(H2,17,18). The summed E-state index contributed by atoms with van der Waals surface area (Å²) in [7, 11) is 0. The Kier molecular flexibility index (Phi) is 4.39. The van der Waals surface area contributed by atoms with Gasteiger partial charge >= 0.3 is 0 Å². The first-order chi connectivity index (χ1) is 8.97. The van der Waals surface area contributed by atoms with E-state index >= 15 is 0 Å². The fraction of sp³-hybridized carbons (Fsp3) is 0. The third-order valence-corrected chi connectivity index (χ3v) is 4.38. The van der Waals surface area contributed by atoms with Gasteiger partial charge in [0.25, 0.3) is 0 Å². The summed E-state index contributed by atoms with van der Waals surface area (Å²) in [6.45, 7) is 0. The van der Waals surface area contributed by atoms with Crippen molar-refractivity contribution in [1.82, 2.24) is 0 Å². The van der Waals surface area contributed by atoms with Crippen LogP contribution in [0.4, 0.5) is 5.69 Å². The molecule has 0 aliphatic rings. The molecule has 98 valence electrons. The molecule has 2 aromatic rings. The zero-order chi connectivity index (χ0) is 14.0. The van der Waals surface area contributed by atoms with Gasteiger partial charge in [0.15, 0.2) is 0 Å². The molecule has 2 aromatic carbocycles. The maximum Gasteiger partial charge on any atom is 0.249 e. The van der Waals surface area contributed by atoms with Crippen LogP contribution in [0.1, 0.15) is 10.4 Å². The fourth-order valence-electron chi connectivity index (χ4n) is 1.55. The summed E-state index contributed by atoms with van der Waals surface area (Å²) in [5, 5.41) is 0.416. The van der Waals surface area contributed by atoms with Crippen LogP contribution >= 0.6 is 39.3 Å². The second kappa shape index (κ2) is 5.86. The highest BCUT2D eigenvalue weighted by molar-refractivity contribution is 9.10. The van der Waals surface area contributed by atoms with Crippen LogP contribution < -0.4 is 11.5 Å². The highest BCUT2D eigenvalue weighted by atomic mass is 79.9. The summed E-state index contributed by atoms with van der Waals surface area (Å²) >= 11 is 10.9. The number of nitrogens with two attached hydrogens (primary N) is 2. The first-order valence-electron chi connectivity index (χ1n) is 5.29. The summed E-state index contributed by atoms with van der Waals surface area (Å²) in [5.41, 5.74) is 11.8. The minimum Gasteiger partial charge on any atom is -0.399 e. The van der Waals surface area contributed by atoms with Crippen LogP contribution in [0, 0.1) is 0 Å². The van der Waals surface area contributed by atoms with Crippen molar-refractivity contribution in [3.8, 4) is 0 Å². The van der Waals surface area contributed by atoms with E-state index < -0.39 is 5.91 Å². The molecule has 0 unspecified atom stereocenters. The smallest absolute Gasteiger partial charge is 0.249 e. The SMILES string of the molecule is NC(=O)c1cc(N)cc(Cl)c1Sc1cccc(Br)c1. The summed E-state index contributed by atoms with van der Waals surface area (Å²) in [6, 6.07) is 10.8. The number of hydrogen-bond acceptors (Lipinski definition) is 3. The first kappa shape index (κ1) is 14.2. The number of anilines is 1. The Balaban J connectivity index is 2.47. The fourth-order valence-corrected chi connectivity index (χ4v) is 3.44. The molecule has 0 spiro atoms. The van der Waals surface area contributed by atoms with E-state index in [1.165, 1.54) is 17.8 Å². The van der Waals surface area contributed by atoms with E-state index in [0.717, 1.165) is 9.37 Å². The number of primary amides is 1. The molecule has 0 aliphatic carbocycles. The lowest BCUT2D eigenvalue weighted by molar-refractivity contribution is 0.0997. The molecule has 0 aromatic heterocycles. The monoisotopic (exact) mass is 356 g/mol. The third kappa shape index (κ3) is 3.43. The van der Waals surface area contributed by atoms with Crippen molar-refractivity contribution < 1.29 is 4.79 Å². The molecule has 1 amide bonds. The van der Waals surface area contributed by atoms with Crippen LogP contribution in [-0.2, 0) is 0 Å². The molecule has 0 atom stereocenters. The van der Waals surface area contributed by atoms with Crippen LogP contribution in [-0.4, -0.2) is 5.91 Å². The van der Waals surface area contributed by atoms with Crippen molar-refractivity contribution in [1.29, 1.82) is 0 Å². The molecule has 0 radical (unpaired) electrons. The van der Waals surface area contributed by atoms with Gasteiger partial charge in [-0.15, -0.1) is 0 Å². The lowest BCUT2D eigenvalue weighted by Gasteiger charge is -2.10. The average Bonchev–Trinajstić information content (AvgIpc) is 2.32. The second-order valence-corrected chi connectivity index (χ2v) is 6.21. The summed E-state index contributed by atoms with van der Waals surface area (Å²) in [6.07, 6.45) is 0. The van der Waals surface area contributed by atoms with Crippen LogP contribution in [0.3, 0.4) is 0 Å². The van der Waals surface area contributed by atoms with E-state index in [0.29, 0.717) is 21.2 Å². The number of carbonyl (C=O) groups excluding carboxylic acids is 1. The van der Waals surface area contributed by atoms with Crippen LogP contribution in [0.25, 0.3) is 0 Å². The number of rotatable bonds is 3. The topological polar surface area (TPSA) is 69.1 Å². The molecule has 0 saturated carbocycles. The number of halogens is 2. The Bertz CT molecular complexity index is 649. The average molecular weight is 358 g/mol. The number of amides is 1. The van der Waals surface area contributed by atoms with Crippen LogP contribution in [0.15, 0.2) is 50.7 Å². The van der Waals surface area contributed by atoms with E-state index in [1.807, 2.05) is 24.3 Å². The molecular weight excluding hydrogens is 348 g/mol. The number of benzene rings is 2. The molecule has 0 bridgehead atoms. The molecule has 4 N–H and O–H groups in total. The van der Waals surface area contributed by atoms with E-state index in [2.05, 4.69) is 15.9 Å². The minimum absolute atomic E-state index is 0.329. The molecule has 19 heavy (non-hydrogen) atoms. The van der Waals surface area contributed by atoms with Crippen molar-refractivity contribution >= 4 is 50.9 Å². The molecule has 0 aliphatic heterocycles. The molecule has 3 nitrogen and oxygen atoms in total. The maximum atomic E-state index is 11.5. The van der Waals surface area contributed by atoms with E-state index in [4.69, 9.17) is 23.1 Å². The Hall–Kier alpha value is -1.17. The second-order valence-electron chi connectivity index (χ2n) is 3.80. The van der Waals surface area contributed by atoms with E-state index in [1.54, 1.807) is 6.07 Å². The van der Waals surface area contributed by atoms with E-state index in [-0.39, 0.29) is 0 Å². The van der Waals surface area contributed by atoms with Gasteiger partial charge in [-0.25, -0.2) is 0 Å². The van der Waals surface area contributed by atoms with Gasteiger partial charge in [0.1, 0.15) is 0 Å². The Morgan fingerprint density at radius 1 is 1.26 bits per heavy atom. The molecule has 0 fully saturated rings. The van der Waals surface area contributed by atoms with Crippen molar-refractivity contribution in [3.05, 3.63) is 51.5 Å². The Morgan fingerprint density at radius 2 is 2.00 bits per heavy atom. The predicted octanol–water partition coefficient (Wildman–Crippen LogP) is 3.93. The van der Waals surface area contributed by atoms with Gasteiger partial charge in [-0.05, 0) is 30.3 Å². The zero-order valence-corrected chi connectivity index (χ0v) is 12.8. The molecule has 0 saturated heterocycles. The molecule has 6 heteroatoms. The normalized spacial score (nSPS) is 10.4. The van der Waals surface area contributed by atoms with Gasteiger partial charge in [-0.1, -0.05) is 45.4 Å². The largest absolute Gasteiger partial charge is 0.399 e. The number of carbonyl (C=O) groups is 1. The first-order valence-corrected chi connectivity index (χ1v) is 7.28. The number of hydrogen-bond donors (Lipinski definition) is 2. The van der Waals surface area contributed by atoms with Gasteiger partial charge in [0.2, 0.25) is 5.91 Å². The third-order valence-electron chi connectivity index (χ3n) is 2.35. The molecule has 2 rings (SSSR count). The lowest BCUT2D eigenvalue weighted by Crippen LogP contribution is -2.13. The highest BCUT2D eigenvalue weighted by Crippen LogP contribution is 2.38. The lowest BCUT2D eigenvalue weighted by atomic mass is 10.2. The summed E-state index contributed by atoms with van der Waals surface area (Å²) < 4.78 is 0.949. The van der Waals surface area contributed by atoms with Crippen LogP contribution in [0.5, 0.6) is 0 Å². The summed E-state index contributed by atoms with van der Waals surface area (Å²) in [4.78, 5) is 13.0. The van der Waals surface area contributed by atoms with Crippen LogP contribution in [0.2, 0.25) is 5.02 Å². The molecular formula is C13H10BrClN2OS.